The number of benzene rings is 3. The van der Waals surface area contributed by atoms with E-state index in [4.69, 9.17) is 5.11 Å². The van der Waals surface area contributed by atoms with Crippen LogP contribution < -0.4 is 0 Å². The van der Waals surface area contributed by atoms with Gasteiger partial charge in [0.2, 0.25) is 0 Å². The summed E-state index contributed by atoms with van der Waals surface area (Å²) in [5, 5.41) is 18.7. The molecule has 0 aromatic heterocycles. The molecule has 0 saturated carbocycles. The predicted molar refractivity (Wildman–Crippen MR) is 89.8 cm³/mol. The van der Waals surface area contributed by atoms with Gasteiger partial charge in [0.15, 0.2) is 0 Å². The van der Waals surface area contributed by atoms with Gasteiger partial charge in [-0.15, -0.1) is 0 Å². The summed E-state index contributed by atoms with van der Waals surface area (Å²) in [6.07, 6.45) is 0.818. The number of rotatable bonds is 4. The quantitative estimate of drug-likeness (QED) is 0.753. The van der Waals surface area contributed by atoms with Crippen molar-refractivity contribution in [2.75, 3.05) is 0 Å². The summed E-state index contributed by atoms with van der Waals surface area (Å²) in [6, 6.07) is 22.8. The van der Waals surface area contributed by atoms with Gasteiger partial charge in [0, 0.05) is 0 Å². The Morgan fingerprint density at radius 3 is 2.22 bits per heavy atom. The van der Waals surface area contributed by atoms with Gasteiger partial charge in [-0.1, -0.05) is 60.7 Å². The number of aromatic carboxylic acids is 1. The molecule has 3 nitrogen and oxygen atoms in total. The van der Waals surface area contributed by atoms with Gasteiger partial charge in [0.1, 0.15) is 11.3 Å². The number of hydrogen-bond acceptors (Lipinski definition) is 2. The summed E-state index contributed by atoms with van der Waals surface area (Å²) in [5.74, 6) is -1.36. The van der Waals surface area contributed by atoms with Gasteiger partial charge in [-0.05, 0) is 40.8 Å². The molecule has 0 unspecified atom stereocenters. The van der Waals surface area contributed by atoms with Gasteiger partial charge in [0.25, 0.3) is 0 Å². The second-order valence-corrected chi connectivity index (χ2v) is 5.40. The SMILES string of the molecule is O=C(O)c1cc(-c2cccc(Cc3ccccc3)c2)ccc1O. The lowest BCUT2D eigenvalue weighted by atomic mass is 9.98. The van der Waals surface area contributed by atoms with Gasteiger partial charge in [-0.2, -0.15) is 0 Å². The minimum atomic E-state index is -1.13. The molecule has 0 aliphatic rings. The lowest BCUT2D eigenvalue weighted by molar-refractivity contribution is 0.0694. The number of hydrogen-bond donors (Lipinski definition) is 2. The van der Waals surface area contributed by atoms with E-state index >= 15 is 0 Å². The zero-order chi connectivity index (χ0) is 16.2. The molecule has 0 aliphatic carbocycles. The van der Waals surface area contributed by atoms with E-state index in [0.717, 1.165) is 23.1 Å². The van der Waals surface area contributed by atoms with E-state index in [1.54, 1.807) is 6.07 Å². The second kappa shape index (κ2) is 6.36. The summed E-state index contributed by atoms with van der Waals surface area (Å²) >= 11 is 0. The Morgan fingerprint density at radius 2 is 1.48 bits per heavy atom. The van der Waals surface area contributed by atoms with Crippen LogP contribution >= 0.6 is 0 Å². The minimum absolute atomic E-state index is 0.0871. The highest BCUT2D eigenvalue weighted by Gasteiger charge is 2.11. The molecule has 23 heavy (non-hydrogen) atoms. The Hall–Kier alpha value is -3.07. The van der Waals surface area contributed by atoms with Crippen LogP contribution in [0.2, 0.25) is 0 Å². The van der Waals surface area contributed by atoms with Crippen LogP contribution in [-0.4, -0.2) is 16.2 Å². The molecular weight excluding hydrogens is 288 g/mol. The summed E-state index contributed by atoms with van der Waals surface area (Å²) < 4.78 is 0. The van der Waals surface area contributed by atoms with E-state index in [0.29, 0.717) is 0 Å². The maximum atomic E-state index is 11.2. The first-order valence-electron chi connectivity index (χ1n) is 7.33. The summed E-state index contributed by atoms with van der Waals surface area (Å²) in [6.45, 7) is 0. The van der Waals surface area contributed by atoms with Crippen molar-refractivity contribution in [2.45, 2.75) is 6.42 Å². The molecule has 0 bridgehead atoms. The van der Waals surface area contributed by atoms with E-state index in [1.165, 1.54) is 17.7 Å². The van der Waals surface area contributed by atoms with Crippen molar-refractivity contribution in [1.82, 2.24) is 0 Å². The average molecular weight is 304 g/mol. The molecular formula is C20H16O3. The lowest BCUT2D eigenvalue weighted by Crippen LogP contribution is -1.97. The number of carbonyl (C=O) groups is 1. The van der Waals surface area contributed by atoms with Crippen LogP contribution in [-0.2, 0) is 6.42 Å². The van der Waals surface area contributed by atoms with Crippen molar-refractivity contribution < 1.29 is 15.0 Å². The Labute approximate surface area is 134 Å². The number of carboxylic acids is 1. The lowest BCUT2D eigenvalue weighted by Gasteiger charge is -2.08. The normalized spacial score (nSPS) is 10.4. The Bertz CT molecular complexity index is 839. The van der Waals surface area contributed by atoms with Gasteiger partial charge < -0.3 is 10.2 Å². The number of carboxylic acid groups (broad SMARTS) is 1. The smallest absolute Gasteiger partial charge is 0.339 e. The molecule has 3 rings (SSSR count). The first-order valence-corrected chi connectivity index (χ1v) is 7.33. The van der Waals surface area contributed by atoms with Crippen molar-refractivity contribution in [3.8, 4) is 16.9 Å². The van der Waals surface area contributed by atoms with Crippen LogP contribution in [0.4, 0.5) is 0 Å². The summed E-state index contributed by atoms with van der Waals surface area (Å²) in [7, 11) is 0. The van der Waals surface area contributed by atoms with E-state index in [9.17, 15) is 9.90 Å². The molecule has 0 radical (unpaired) electrons. The van der Waals surface area contributed by atoms with E-state index < -0.39 is 5.97 Å². The topological polar surface area (TPSA) is 57.5 Å². The van der Waals surface area contributed by atoms with E-state index in [2.05, 4.69) is 18.2 Å². The molecule has 114 valence electrons. The predicted octanol–water partition coefficient (Wildman–Crippen LogP) is 4.35. The fourth-order valence-electron chi connectivity index (χ4n) is 2.58. The van der Waals surface area contributed by atoms with Crippen molar-refractivity contribution in [2.24, 2.45) is 0 Å². The van der Waals surface area contributed by atoms with Gasteiger partial charge >= 0.3 is 5.97 Å². The Kier molecular flexibility index (Phi) is 4.11. The van der Waals surface area contributed by atoms with Gasteiger partial charge in [-0.3, -0.25) is 0 Å². The molecule has 0 fully saturated rings. The molecule has 0 atom stereocenters. The molecule has 0 heterocycles. The van der Waals surface area contributed by atoms with Gasteiger partial charge in [-0.25, -0.2) is 4.79 Å². The highest BCUT2D eigenvalue weighted by Crippen LogP contribution is 2.27. The molecule has 3 aromatic rings. The molecule has 0 saturated heterocycles. The maximum absolute atomic E-state index is 11.2. The van der Waals surface area contributed by atoms with Crippen molar-refractivity contribution >= 4 is 5.97 Å². The Morgan fingerprint density at radius 1 is 0.783 bits per heavy atom. The zero-order valence-corrected chi connectivity index (χ0v) is 12.4. The Balaban J connectivity index is 1.94. The monoisotopic (exact) mass is 304 g/mol. The van der Waals surface area contributed by atoms with Crippen LogP contribution in [0.5, 0.6) is 5.75 Å². The molecule has 0 aliphatic heterocycles. The third-order valence-electron chi connectivity index (χ3n) is 3.74. The highest BCUT2D eigenvalue weighted by atomic mass is 16.4. The zero-order valence-electron chi connectivity index (χ0n) is 12.4. The first-order chi connectivity index (χ1) is 11.1. The van der Waals surface area contributed by atoms with Crippen LogP contribution in [0.15, 0.2) is 72.8 Å². The minimum Gasteiger partial charge on any atom is -0.507 e. The van der Waals surface area contributed by atoms with Crippen LogP contribution in [0.3, 0.4) is 0 Å². The van der Waals surface area contributed by atoms with E-state index in [-0.39, 0.29) is 11.3 Å². The van der Waals surface area contributed by atoms with Crippen molar-refractivity contribution in [3.63, 3.8) is 0 Å². The average Bonchev–Trinajstić information content (AvgIpc) is 2.56. The number of phenols is 1. The highest BCUT2D eigenvalue weighted by molar-refractivity contribution is 5.92. The first kappa shape index (κ1) is 14.9. The largest absolute Gasteiger partial charge is 0.507 e. The van der Waals surface area contributed by atoms with Crippen LogP contribution in [0, 0.1) is 0 Å². The summed E-state index contributed by atoms with van der Waals surface area (Å²) in [4.78, 5) is 11.2. The fourth-order valence-corrected chi connectivity index (χ4v) is 2.58. The third-order valence-corrected chi connectivity index (χ3v) is 3.74. The van der Waals surface area contributed by atoms with Gasteiger partial charge in [0.05, 0.1) is 0 Å². The van der Waals surface area contributed by atoms with Crippen molar-refractivity contribution in [3.05, 3.63) is 89.5 Å². The fraction of sp³-hybridized carbons (Fsp3) is 0.0500. The summed E-state index contributed by atoms with van der Waals surface area (Å²) in [5.41, 5.74) is 3.99. The van der Waals surface area contributed by atoms with Crippen LogP contribution in [0.1, 0.15) is 21.5 Å². The maximum Gasteiger partial charge on any atom is 0.339 e. The molecule has 3 aromatic carbocycles. The van der Waals surface area contributed by atoms with Crippen molar-refractivity contribution in [1.29, 1.82) is 0 Å². The third kappa shape index (κ3) is 3.40. The molecule has 0 amide bonds. The molecule has 3 heteroatoms. The second-order valence-electron chi connectivity index (χ2n) is 5.40. The molecule has 0 spiro atoms. The number of aromatic hydroxyl groups is 1. The van der Waals surface area contributed by atoms with E-state index in [1.807, 2.05) is 36.4 Å². The molecule has 2 N–H and O–H groups in total. The standard InChI is InChI=1S/C20H16O3/c21-19-10-9-17(13-18(19)20(22)23)16-8-4-7-15(12-16)11-14-5-2-1-3-6-14/h1-10,12-13,21H,11H2,(H,22,23). The van der Waals surface area contributed by atoms with Crippen LogP contribution in [0.25, 0.3) is 11.1 Å².